The lowest BCUT2D eigenvalue weighted by atomic mass is 9.87. The number of allylic oxidation sites excluding steroid dienone is 1. The van der Waals surface area contributed by atoms with Gasteiger partial charge in [-0.25, -0.2) is 0 Å². The third kappa shape index (κ3) is 8.06. The number of carbonyl (C=O) groups excluding carboxylic acids is 3. The summed E-state index contributed by atoms with van der Waals surface area (Å²) in [7, 11) is 0. The van der Waals surface area contributed by atoms with E-state index >= 15 is 0 Å². The second kappa shape index (κ2) is 12.2. The Bertz CT molecular complexity index is 525. The van der Waals surface area contributed by atoms with Crippen LogP contribution in [0.5, 0.6) is 0 Å². The van der Waals surface area contributed by atoms with Gasteiger partial charge in [0.15, 0.2) is 11.6 Å². The monoisotopic (exact) mass is 380 g/mol. The number of aliphatic hydroxyl groups excluding tert-OH is 1. The summed E-state index contributed by atoms with van der Waals surface area (Å²) >= 11 is 0. The maximum Gasteiger partial charge on any atom is 0.161 e. The van der Waals surface area contributed by atoms with Crippen molar-refractivity contribution in [2.24, 2.45) is 11.8 Å². The van der Waals surface area contributed by atoms with Crippen molar-refractivity contribution in [3.8, 4) is 0 Å². The molecule has 1 fully saturated rings. The van der Waals surface area contributed by atoms with Gasteiger partial charge in [0.2, 0.25) is 0 Å². The third-order valence-electron chi connectivity index (χ3n) is 5.71. The Hall–Kier alpha value is -1.33. The molecule has 1 rings (SSSR count). The molecule has 5 nitrogen and oxygen atoms in total. The predicted octanol–water partition coefficient (Wildman–Crippen LogP) is 3.55. The number of Topliss-reactive ketones (excluding diaryl/α,β-unsaturated/α-hetero) is 3. The van der Waals surface area contributed by atoms with Gasteiger partial charge >= 0.3 is 0 Å². The highest BCUT2D eigenvalue weighted by Gasteiger charge is 2.33. The second-order valence-corrected chi connectivity index (χ2v) is 7.90. The van der Waals surface area contributed by atoms with Gasteiger partial charge in [-0.3, -0.25) is 14.4 Å². The summed E-state index contributed by atoms with van der Waals surface area (Å²) in [6.45, 7) is 3.00. The lowest BCUT2D eigenvalue weighted by molar-refractivity contribution is -0.135. The van der Waals surface area contributed by atoms with Crippen LogP contribution in [0.3, 0.4) is 0 Å². The molecule has 1 aliphatic rings. The minimum Gasteiger partial charge on any atom is -0.389 e. The van der Waals surface area contributed by atoms with Crippen molar-refractivity contribution in [3.05, 3.63) is 12.2 Å². The van der Waals surface area contributed by atoms with Crippen LogP contribution in [0.1, 0.15) is 84.5 Å². The smallest absolute Gasteiger partial charge is 0.161 e. The first-order valence-corrected chi connectivity index (χ1v) is 10.4. The minimum absolute atomic E-state index is 0.0388. The van der Waals surface area contributed by atoms with E-state index in [-0.39, 0.29) is 30.0 Å². The van der Waals surface area contributed by atoms with Crippen LogP contribution in [0.25, 0.3) is 0 Å². The summed E-state index contributed by atoms with van der Waals surface area (Å²) in [6.07, 6.45) is 11.8. The molecule has 2 N–H and O–H groups in total. The maximum absolute atomic E-state index is 12.2. The molecule has 154 valence electrons. The maximum atomic E-state index is 12.2. The van der Waals surface area contributed by atoms with Crippen LogP contribution >= 0.6 is 0 Å². The molecule has 0 saturated heterocycles. The normalized spacial score (nSPS) is 22.3. The van der Waals surface area contributed by atoms with Gasteiger partial charge < -0.3 is 10.2 Å². The fraction of sp³-hybridized carbons (Fsp3) is 0.773. The Kier molecular flexibility index (Phi) is 10.7. The summed E-state index contributed by atoms with van der Waals surface area (Å²) in [6, 6.07) is 0. The molecule has 0 amide bonds. The average Bonchev–Trinajstić information content (AvgIpc) is 2.97. The Balaban J connectivity index is 2.42. The van der Waals surface area contributed by atoms with Crippen molar-refractivity contribution in [1.29, 1.82) is 0 Å². The summed E-state index contributed by atoms with van der Waals surface area (Å²) in [5.41, 5.74) is -1.28. The summed E-state index contributed by atoms with van der Waals surface area (Å²) in [5.74, 6) is 0.242. The highest BCUT2D eigenvalue weighted by Crippen LogP contribution is 2.34. The predicted molar refractivity (Wildman–Crippen MR) is 105 cm³/mol. The molecule has 3 atom stereocenters. The van der Waals surface area contributed by atoms with E-state index in [0.717, 1.165) is 44.9 Å². The fourth-order valence-corrected chi connectivity index (χ4v) is 3.93. The molecule has 0 radical (unpaired) electrons. The van der Waals surface area contributed by atoms with Crippen LogP contribution < -0.4 is 0 Å². The van der Waals surface area contributed by atoms with Crippen LogP contribution in [0.2, 0.25) is 0 Å². The van der Waals surface area contributed by atoms with Crippen molar-refractivity contribution < 1.29 is 24.6 Å². The average molecular weight is 381 g/mol. The summed E-state index contributed by atoms with van der Waals surface area (Å²) < 4.78 is 0. The van der Waals surface area contributed by atoms with E-state index in [2.05, 4.69) is 0 Å². The Morgan fingerprint density at radius 2 is 1.93 bits per heavy atom. The standard InChI is InChI=1S/C22H36O5/c1-3-14-22(27,17(2)24)15-8-9-18-12-13-21(26)20(18)11-7-5-4-6-10-19(25)16-23/h8-9,18,20,23,27H,3-7,10-16H2,1-2H3/t18-,20+,22?/m0/s1. The zero-order chi connectivity index (χ0) is 20.3. The first-order valence-electron chi connectivity index (χ1n) is 10.4. The van der Waals surface area contributed by atoms with Gasteiger partial charge in [0.1, 0.15) is 18.0 Å². The van der Waals surface area contributed by atoms with Crippen molar-refractivity contribution in [2.75, 3.05) is 6.61 Å². The molecule has 0 aromatic heterocycles. The number of ketones is 3. The van der Waals surface area contributed by atoms with Crippen molar-refractivity contribution in [1.82, 2.24) is 0 Å². The van der Waals surface area contributed by atoms with Crippen LogP contribution in [-0.2, 0) is 14.4 Å². The van der Waals surface area contributed by atoms with Crippen LogP contribution in [0, 0.1) is 11.8 Å². The lowest BCUT2D eigenvalue weighted by Gasteiger charge is -2.23. The molecule has 0 aliphatic heterocycles. The molecule has 0 heterocycles. The van der Waals surface area contributed by atoms with Gasteiger partial charge in [0.05, 0.1) is 0 Å². The third-order valence-corrected chi connectivity index (χ3v) is 5.71. The van der Waals surface area contributed by atoms with Gasteiger partial charge in [0, 0.05) is 25.2 Å². The van der Waals surface area contributed by atoms with E-state index in [0.29, 0.717) is 31.5 Å². The lowest BCUT2D eigenvalue weighted by Crippen LogP contribution is -2.36. The fourth-order valence-electron chi connectivity index (χ4n) is 3.93. The zero-order valence-electron chi connectivity index (χ0n) is 16.9. The van der Waals surface area contributed by atoms with Gasteiger partial charge in [0.25, 0.3) is 0 Å². The topological polar surface area (TPSA) is 91.7 Å². The second-order valence-electron chi connectivity index (χ2n) is 7.90. The van der Waals surface area contributed by atoms with E-state index in [4.69, 9.17) is 5.11 Å². The number of unbranched alkanes of at least 4 members (excludes halogenated alkanes) is 3. The summed E-state index contributed by atoms with van der Waals surface area (Å²) in [5, 5.41) is 19.1. The van der Waals surface area contributed by atoms with E-state index in [1.807, 2.05) is 19.1 Å². The SMILES string of the molecule is CCCC(O)(CC=C[C@H]1CCC(=O)[C@@H]1CCCCCCC(=O)CO)C(C)=O. The van der Waals surface area contributed by atoms with Crippen molar-refractivity contribution >= 4 is 17.3 Å². The van der Waals surface area contributed by atoms with Crippen LogP contribution in [0.4, 0.5) is 0 Å². The number of aliphatic hydroxyl groups is 2. The number of hydrogen-bond acceptors (Lipinski definition) is 5. The highest BCUT2D eigenvalue weighted by atomic mass is 16.3. The molecule has 5 heteroatoms. The van der Waals surface area contributed by atoms with E-state index in [9.17, 15) is 19.5 Å². The van der Waals surface area contributed by atoms with Gasteiger partial charge in [-0.15, -0.1) is 0 Å². The highest BCUT2D eigenvalue weighted by molar-refractivity contribution is 5.85. The molecule has 0 aromatic carbocycles. The number of hydrogen-bond donors (Lipinski definition) is 2. The molecule has 1 unspecified atom stereocenters. The molecule has 0 bridgehead atoms. The van der Waals surface area contributed by atoms with Gasteiger partial charge in [-0.1, -0.05) is 44.8 Å². The number of carbonyl (C=O) groups is 3. The molecule has 0 aromatic rings. The Labute approximate surface area is 163 Å². The van der Waals surface area contributed by atoms with Crippen molar-refractivity contribution in [3.63, 3.8) is 0 Å². The zero-order valence-corrected chi connectivity index (χ0v) is 16.9. The quantitative estimate of drug-likeness (QED) is 0.355. The molecule has 1 saturated carbocycles. The van der Waals surface area contributed by atoms with Gasteiger partial charge in [-0.2, -0.15) is 0 Å². The molecular weight excluding hydrogens is 344 g/mol. The minimum atomic E-state index is -1.28. The van der Waals surface area contributed by atoms with Crippen LogP contribution in [0.15, 0.2) is 12.2 Å². The van der Waals surface area contributed by atoms with E-state index < -0.39 is 5.60 Å². The first-order chi connectivity index (χ1) is 12.8. The number of rotatable bonds is 14. The molecule has 27 heavy (non-hydrogen) atoms. The first kappa shape index (κ1) is 23.7. The molecular formula is C22H36O5. The van der Waals surface area contributed by atoms with Gasteiger partial charge in [-0.05, 0) is 38.5 Å². The van der Waals surface area contributed by atoms with Crippen LogP contribution in [-0.4, -0.2) is 39.8 Å². The Morgan fingerprint density at radius 1 is 1.22 bits per heavy atom. The molecule has 1 aliphatic carbocycles. The largest absolute Gasteiger partial charge is 0.389 e. The molecule has 0 spiro atoms. The van der Waals surface area contributed by atoms with E-state index in [1.165, 1.54) is 6.92 Å². The van der Waals surface area contributed by atoms with E-state index in [1.54, 1.807) is 0 Å². The van der Waals surface area contributed by atoms with Crippen molar-refractivity contribution in [2.45, 2.75) is 90.1 Å². The Morgan fingerprint density at radius 3 is 2.56 bits per heavy atom. The summed E-state index contributed by atoms with van der Waals surface area (Å²) in [4.78, 5) is 35.0.